The third-order valence-corrected chi connectivity index (χ3v) is 5.43. The second-order valence-electron chi connectivity index (χ2n) is 7.26. The van der Waals surface area contributed by atoms with Crippen molar-refractivity contribution in [3.8, 4) is 12.1 Å². The second kappa shape index (κ2) is 7.73. The second-order valence-corrected chi connectivity index (χ2v) is 7.26. The molecular weight excluding hydrogens is 318 g/mol. The summed E-state index contributed by atoms with van der Waals surface area (Å²) in [5, 5.41) is 17.7. The first-order valence-electron chi connectivity index (χ1n) is 9.01. The quantitative estimate of drug-likeness (QED) is 0.766. The molecule has 0 aromatic carbocycles. The van der Waals surface area contributed by atoms with Crippen molar-refractivity contribution in [1.29, 1.82) is 5.26 Å². The van der Waals surface area contributed by atoms with Crippen LogP contribution in [0, 0.1) is 36.1 Å². The lowest BCUT2D eigenvalue weighted by Gasteiger charge is -2.28. The molecule has 1 saturated carbocycles. The maximum Gasteiger partial charge on any atom is 0.307 e. The van der Waals surface area contributed by atoms with Gasteiger partial charge >= 0.3 is 5.97 Å². The molecule has 1 saturated heterocycles. The Bertz CT molecular complexity index is 662. The fraction of sp³-hybridized carbons (Fsp3) is 0.632. The molecule has 1 aromatic rings. The topological polar surface area (TPSA) is 86.5 Å². The van der Waals surface area contributed by atoms with Crippen molar-refractivity contribution in [2.75, 3.05) is 19.7 Å². The molecule has 0 unspecified atom stereocenters. The summed E-state index contributed by atoms with van der Waals surface area (Å²) in [7, 11) is 0. The van der Waals surface area contributed by atoms with E-state index in [1.807, 2.05) is 17.9 Å². The Hall–Kier alpha value is -2.29. The molecule has 2 fully saturated rings. The van der Waals surface area contributed by atoms with Crippen LogP contribution in [0.15, 0.2) is 12.3 Å². The van der Waals surface area contributed by atoms with Crippen LogP contribution in [0.1, 0.15) is 36.8 Å². The summed E-state index contributed by atoms with van der Waals surface area (Å²) in [5.41, 5.74) is 1.58. The summed E-state index contributed by atoms with van der Waals surface area (Å²) in [4.78, 5) is 16.9. The number of aliphatic carboxylic acids is 1. The van der Waals surface area contributed by atoms with E-state index in [-0.39, 0.29) is 6.42 Å². The Labute approximate surface area is 148 Å². The number of aryl methyl sites for hydroxylation is 1. The number of hydrogen-bond donors (Lipinski definition) is 1. The van der Waals surface area contributed by atoms with Crippen LogP contribution in [0.2, 0.25) is 0 Å². The summed E-state index contributed by atoms with van der Waals surface area (Å²) in [5.74, 6) is 2.07. The summed E-state index contributed by atoms with van der Waals surface area (Å²) in [6.07, 6.45) is 8.42. The van der Waals surface area contributed by atoms with E-state index >= 15 is 0 Å². The highest BCUT2D eigenvalue weighted by atomic mass is 16.5. The number of likely N-dealkylation sites (tertiary alicyclic amines) is 1. The van der Waals surface area contributed by atoms with Gasteiger partial charge in [0.1, 0.15) is 0 Å². The molecule has 25 heavy (non-hydrogen) atoms. The zero-order valence-electron chi connectivity index (χ0n) is 14.6. The predicted molar refractivity (Wildman–Crippen MR) is 91.9 cm³/mol. The minimum absolute atomic E-state index is 0.0114. The van der Waals surface area contributed by atoms with Gasteiger partial charge in [-0.2, -0.15) is 5.26 Å². The van der Waals surface area contributed by atoms with Crippen LogP contribution in [0.3, 0.4) is 0 Å². The highest BCUT2D eigenvalue weighted by Gasteiger charge is 2.43. The van der Waals surface area contributed by atoms with Gasteiger partial charge in [0.15, 0.2) is 6.19 Å². The van der Waals surface area contributed by atoms with Gasteiger partial charge in [0.05, 0.1) is 13.0 Å². The Balaban J connectivity index is 1.39. The van der Waals surface area contributed by atoms with Crippen LogP contribution < -0.4 is 4.74 Å². The van der Waals surface area contributed by atoms with Gasteiger partial charge in [0.2, 0.25) is 5.88 Å². The Morgan fingerprint density at radius 2 is 2.24 bits per heavy atom. The fourth-order valence-corrected chi connectivity index (χ4v) is 3.96. The van der Waals surface area contributed by atoms with Crippen molar-refractivity contribution >= 4 is 5.97 Å². The normalized spacial score (nSPS) is 23.1. The molecule has 1 aliphatic heterocycles. The number of hydrogen-bond acceptors (Lipinski definition) is 5. The summed E-state index contributed by atoms with van der Waals surface area (Å²) in [6.45, 7) is 4.38. The van der Waals surface area contributed by atoms with Crippen molar-refractivity contribution in [2.24, 2.45) is 17.8 Å². The van der Waals surface area contributed by atoms with Crippen LogP contribution in [0.5, 0.6) is 5.88 Å². The lowest BCUT2D eigenvalue weighted by molar-refractivity contribution is -0.136. The number of rotatable bonds is 7. The van der Waals surface area contributed by atoms with E-state index in [9.17, 15) is 4.79 Å². The largest absolute Gasteiger partial charge is 0.481 e. The number of ether oxygens (including phenoxy) is 1. The molecular formula is C19H25N3O3. The lowest BCUT2D eigenvalue weighted by Crippen LogP contribution is -2.30. The number of carboxylic acids is 1. The minimum Gasteiger partial charge on any atom is -0.481 e. The molecule has 6 heteroatoms. The molecule has 0 radical (unpaired) electrons. The maximum absolute atomic E-state index is 10.7. The smallest absolute Gasteiger partial charge is 0.307 e. The average Bonchev–Trinajstić information content (AvgIpc) is 3.36. The van der Waals surface area contributed by atoms with Crippen molar-refractivity contribution in [1.82, 2.24) is 9.88 Å². The summed E-state index contributed by atoms with van der Waals surface area (Å²) >= 11 is 0. The van der Waals surface area contributed by atoms with Gasteiger partial charge in [-0.05, 0) is 62.0 Å². The third-order valence-electron chi connectivity index (χ3n) is 5.43. The van der Waals surface area contributed by atoms with E-state index in [0.29, 0.717) is 18.1 Å². The highest BCUT2D eigenvalue weighted by Crippen LogP contribution is 2.49. The van der Waals surface area contributed by atoms with E-state index < -0.39 is 5.97 Å². The van der Waals surface area contributed by atoms with Crippen LogP contribution in [0.25, 0.3) is 0 Å². The van der Waals surface area contributed by atoms with E-state index in [2.05, 4.69) is 11.2 Å². The van der Waals surface area contributed by atoms with E-state index in [0.717, 1.165) is 55.7 Å². The van der Waals surface area contributed by atoms with E-state index in [1.165, 1.54) is 6.42 Å². The van der Waals surface area contributed by atoms with Crippen molar-refractivity contribution in [3.63, 3.8) is 0 Å². The molecule has 1 aliphatic carbocycles. The van der Waals surface area contributed by atoms with Gasteiger partial charge < -0.3 is 14.7 Å². The lowest BCUT2D eigenvalue weighted by atomic mass is 9.91. The molecule has 2 heterocycles. The molecule has 1 aromatic heterocycles. The predicted octanol–water partition coefficient (Wildman–Crippen LogP) is 2.62. The van der Waals surface area contributed by atoms with Gasteiger partial charge in [-0.3, -0.25) is 4.79 Å². The number of piperidine rings is 1. The number of nitrogens with zero attached hydrogens (tertiary/aromatic N) is 3. The zero-order valence-corrected chi connectivity index (χ0v) is 14.6. The van der Waals surface area contributed by atoms with Gasteiger partial charge in [0.25, 0.3) is 0 Å². The van der Waals surface area contributed by atoms with Gasteiger partial charge in [-0.25, -0.2) is 4.98 Å². The number of aromatic nitrogens is 1. The Kier molecular flexibility index (Phi) is 5.42. The van der Waals surface area contributed by atoms with Crippen LogP contribution >= 0.6 is 0 Å². The number of nitriles is 1. The van der Waals surface area contributed by atoms with Crippen molar-refractivity contribution in [2.45, 2.75) is 39.0 Å². The number of carboxylic acid groups (broad SMARTS) is 1. The van der Waals surface area contributed by atoms with Crippen LogP contribution in [0.4, 0.5) is 0 Å². The molecule has 134 valence electrons. The standard InChI is InChI=1S/C19H25N3O3/c1-13-8-14(9-18(23)24)11-21-19(13)25-7-4-16-10-17(16)15-2-5-22(12-20)6-3-15/h8,11,15-17H,2-7,9-10H2,1H3,(H,23,24)/t16-,17-/m1/s1. The number of carbonyl (C=O) groups is 1. The molecule has 0 spiro atoms. The van der Waals surface area contributed by atoms with Gasteiger partial charge in [-0.15, -0.1) is 0 Å². The van der Waals surface area contributed by atoms with E-state index in [1.54, 1.807) is 6.20 Å². The highest BCUT2D eigenvalue weighted by molar-refractivity contribution is 5.70. The summed E-state index contributed by atoms with van der Waals surface area (Å²) in [6, 6.07) is 1.83. The molecule has 2 aliphatic rings. The molecule has 6 nitrogen and oxygen atoms in total. The number of pyridine rings is 1. The fourth-order valence-electron chi connectivity index (χ4n) is 3.96. The van der Waals surface area contributed by atoms with Crippen molar-refractivity contribution in [3.05, 3.63) is 23.4 Å². The molecule has 0 bridgehead atoms. The first kappa shape index (κ1) is 17.5. The SMILES string of the molecule is Cc1cc(CC(=O)O)cnc1OCC[C@@H]1C[C@@H]1C1CCN(C#N)CC1. The van der Waals surface area contributed by atoms with Crippen molar-refractivity contribution < 1.29 is 14.6 Å². The summed E-state index contributed by atoms with van der Waals surface area (Å²) < 4.78 is 5.81. The Morgan fingerprint density at radius 1 is 1.48 bits per heavy atom. The third kappa shape index (κ3) is 4.62. The molecule has 3 rings (SSSR count). The monoisotopic (exact) mass is 343 g/mol. The molecule has 0 amide bonds. The average molecular weight is 343 g/mol. The van der Waals surface area contributed by atoms with Gasteiger partial charge in [-0.1, -0.05) is 0 Å². The van der Waals surface area contributed by atoms with Crippen LogP contribution in [-0.4, -0.2) is 40.7 Å². The molecule has 2 atom stereocenters. The first-order valence-corrected chi connectivity index (χ1v) is 9.01. The molecule has 1 N–H and O–H groups in total. The first-order chi connectivity index (χ1) is 12.1. The van der Waals surface area contributed by atoms with Gasteiger partial charge in [0, 0.05) is 24.8 Å². The zero-order chi connectivity index (χ0) is 17.8. The van der Waals surface area contributed by atoms with Crippen LogP contribution in [-0.2, 0) is 11.2 Å². The maximum atomic E-state index is 10.7. The Morgan fingerprint density at radius 3 is 2.88 bits per heavy atom. The van der Waals surface area contributed by atoms with E-state index in [4.69, 9.17) is 15.1 Å². The minimum atomic E-state index is -0.852.